The van der Waals surface area contributed by atoms with Crippen LogP contribution in [0, 0.1) is 24.1 Å². The van der Waals surface area contributed by atoms with E-state index in [0.717, 1.165) is 10.9 Å². The molecule has 0 aliphatic carbocycles. The number of thiazole rings is 1. The number of nitriles is 1. The van der Waals surface area contributed by atoms with Crippen LogP contribution >= 0.6 is 11.3 Å². The second-order valence-corrected chi connectivity index (χ2v) is 7.92. The fraction of sp³-hybridized carbons (Fsp3) is 0.143. The highest BCUT2D eigenvalue weighted by Gasteiger charge is 2.34. The molecule has 0 atom stereocenters. The zero-order valence-corrected chi connectivity index (χ0v) is 16.7. The van der Waals surface area contributed by atoms with Crippen LogP contribution in [0.1, 0.15) is 27.3 Å². The van der Waals surface area contributed by atoms with Gasteiger partial charge in [-0.05, 0) is 24.6 Å². The minimum absolute atomic E-state index is 0.153. The average Bonchev–Trinajstić information content (AvgIpc) is 3.05. The van der Waals surface area contributed by atoms with E-state index in [1.165, 1.54) is 40.3 Å². The van der Waals surface area contributed by atoms with Gasteiger partial charge < -0.3 is 0 Å². The SMILES string of the molecule is Cc1sc2nc(Cc3cccc(C(F)(F)F)c3F)cc(=O)n2c1-c1cncc(C#N)c1. The number of hydrogen-bond donors (Lipinski definition) is 0. The van der Waals surface area contributed by atoms with Gasteiger partial charge in [0.05, 0.1) is 22.5 Å². The highest BCUT2D eigenvalue weighted by Crippen LogP contribution is 2.33. The summed E-state index contributed by atoms with van der Waals surface area (Å²) in [6.07, 6.45) is -2.16. The van der Waals surface area contributed by atoms with Crippen LogP contribution in [0.3, 0.4) is 0 Å². The van der Waals surface area contributed by atoms with Crippen LogP contribution in [0.25, 0.3) is 16.2 Å². The summed E-state index contributed by atoms with van der Waals surface area (Å²) in [6, 6.07) is 7.78. The molecular formula is C21H12F4N4OS. The molecule has 0 aliphatic heterocycles. The number of hydrogen-bond acceptors (Lipinski definition) is 5. The third-order valence-electron chi connectivity index (χ3n) is 4.64. The fourth-order valence-electron chi connectivity index (χ4n) is 3.31. The summed E-state index contributed by atoms with van der Waals surface area (Å²) in [4.78, 5) is 22.3. The second-order valence-electron chi connectivity index (χ2n) is 6.74. The largest absolute Gasteiger partial charge is 0.419 e. The van der Waals surface area contributed by atoms with E-state index in [9.17, 15) is 22.4 Å². The molecule has 0 bridgehead atoms. The van der Waals surface area contributed by atoms with E-state index < -0.39 is 23.1 Å². The molecule has 3 heterocycles. The van der Waals surface area contributed by atoms with Crippen molar-refractivity contribution < 1.29 is 17.6 Å². The molecule has 0 fully saturated rings. The van der Waals surface area contributed by atoms with E-state index in [1.807, 2.05) is 6.07 Å². The number of nitrogens with zero attached hydrogens (tertiary/aromatic N) is 4. The highest BCUT2D eigenvalue weighted by atomic mass is 32.1. The Kier molecular flexibility index (Phi) is 5.07. The van der Waals surface area contributed by atoms with E-state index in [0.29, 0.717) is 27.8 Å². The Morgan fingerprint density at radius 2 is 2.00 bits per heavy atom. The van der Waals surface area contributed by atoms with E-state index in [4.69, 9.17) is 5.26 Å². The summed E-state index contributed by atoms with van der Waals surface area (Å²) >= 11 is 1.20. The maximum Gasteiger partial charge on any atom is 0.419 e. The first-order chi connectivity index (χ1) is 14.7. The van der Waals surface area contributed by atoms with Gasteiger partial charge in [-0.1, -0.05) is 12.1 Å². The molecule has 156 valence electrons. The minimum Gasteiger partial charge on any atom is -0.269 e. The summed E-state index contributed by atoms with van der Waals surface area (Å²) in [5.74, 6) is -1.38. The van der Waals surface area contributed by atoms with Crippen LogP contribution in [0.2, 0.25) is 0 Å². The molecule has 10 heteroatoms. The molecule has 31 heavy (non-hydrogen) atoms. The quantitative estimate of drug-likeness (QED) is 0.428. The van der Waals surface area contributed by atoms with Gasteiger partial charge >= 0.3 is 6.18 Å². The summed E-state index contributed by atoms with van der Waals surface area (Å²) in [7, 11) is 0. The molecular weight excluding hydrogens is 432 g/mol. The number of aryl methyl sites for hydroxylation is 1. The number of alkyl halides is 3. The number of rotatable bonds is 3. The van der Waals surface area contributed by atoms with E-state index in [-0.39, 0.29) is 17.7 Å². The lowest BCUT2D eigenvalue weighted by Gasteiger charge is -2.11. The van der Waals surface area contributed by atoms with Gasteiger partial charge in [-0.3, -0.25) is 14.2 Å². The zero-order valence-electron chi connectivity index (χ0n) is 15.9. The normalized spacial score (nSPS) is 11.6. The van der Waals surface area contributed by atoms with E-state index >= 15 is 0 Å². The lowest BCUT2D eigenvalue weighted by atomic mass is 10.0. The molecule has 0 amide bonds. The number of pyridine rings is 1. The van der Waals surface area contributed by atoms with Crippen LogP contribution in [0.5, 0.6) is 0 Å². The Bertz CT molecular complexity index is 1420. The lowest BCUT2D eigenvalue weighted by Crippen LogP contribution is -2.16. The number of aromatic nitrogens is 3. The maximum absolute atomic E-state index is 14.4. The molecule has 0 spiro atoms. The van der Waals surface area contributed by atoms with E-state index in [1.54, 1.807) is 13.0 Å². The summed E-state index contributed by atoms with van der Waals surface area (Å²) in [6.45, 7) is 1.78. The van der Waals surface area contributed by atoms with Crippen LogP contribution in [0.15, 0.2) is 47.5 Å². The standard InChI is InChI=1S/C21H12F4N4OS/c1-11-19(14-5-12(8-26)9-27-10-14)29-17(30)7-15(28-20(29)31-11)6-13-3-2-4-16(18(13)22)21(23,24)25/h2-5,7,9-10H,6H2,1H3. The van der Waals surface area contributed by atoms with Crippen molar-refractivity contribution in [3.63, 3.8) is 0 Å². The first-order valence-electron chi connectivity index (χ1n) is 8.91. The Morgan fingerprint density at radius 1 is 1.23 bits per heavy atom. The second kappa shape index (κ2) is 7.59. The van der Waals surface area contributed by atoms with Gasteiger partial charge in [-0.15, -0.1) is 11.3 Å². The van der Waals surface area contributed by atoms with Gasteiger partial charge in [-0.2, -0.15) is 18.4 Å². The summed E-state index contributed by atoms with van der Waals surface area (Å²) in [5.41, 5.74) is -0.461. The van der Waals surface area contributed by atoms with Gasteiger partial charge in [0.25, 0.3) is 5.56 Å². The van der Waals surface area contributed by atoms with Crippen molar-refractivity contribution in [1.82, 2.24) is 14.4 Å². The first kappa shape index (κ1) is 20.7. The lowest BCUT2D eigenvalue weighted by molar-refractivity contribution is -0.140. The molecule has 0 radical (unpaired) electrons. The van der Waals surface area contributed by atoms with E-state index in [2.05, 4.69) is 9.97 Å². The smallest absolute Gasteiger partial charge is 0.269 e. The molecule has 5 nitrogen and oxygen atoms in total. The molecule has 4 aromatic rings. The van der Waals surface area contributed by atoms with Crippen molar-refractivity contribution >= 4 is 16.3 Å². The first-order valence-corrected chi connectivity index (χ1v) is 9.73. The highest BCUT2D eigenvalue weighted by molar-refractivity contribution is 7.17. The van der Waals surface area contributed by atoms with Crippen molar-refractivity contribution in [1.29, 1.82) is 5.26 Å². The Hall–Kier alpha value is -3.58. The Labute approximate surface area is 176 Å². The number of halogens is 4. The maximum atomic E-state index is 14.4. The number of fused-ring (bicyclic) bond motifs is 1. The van der Waals surface area contributed by atoms with Gasteiger partial charge in [0.2, 0.25) is 0 Å². The summed E-state index contributed by atoms with van der Waals surface area (Å²) in [5, 5.41) is 9.10. The third-order valence-corrected chi connectivity index (χ3v) is 5.59. The number of benzene rings is 1. The van der Waals surface area contributed by atoms with Crippen molar-refractivity contribution in [2.45, 2.75) is 19.5 Å². The zero-order chi connectivity index (χ0) is 22.3. The predicted molar refractivity (Wildman–Crippen MR) is 106 cm³/mol. The monoisotopic (exact) mass is 444 g/mol. The van der Waals surface area contributed by atoms with Gasteiger partial charge in [0, 0.05) is 35.3 Å². The summed E-state index contributed by atoms with van der Waals surface area (Å²) < 4.78 is 54.6. The molecule has 0 N–H and O–H groups in total. The van der Waals surface area contributed by atoms with Gasteiger partial charge in [-0.25, -0.2) is 9.37 Å². The van der Waals surface area contributed by atoms with Crippen molar-refractivity contribution in [3.05, 3.63) is 86.2 Å². The average molecular weight is 444 g/mol. The molecule has 1 aromatic carbocycles. The Balaban J connectivity index is 1.80. The molecule has 0 unspecified atom stereocenters. The molecule has 0 saturated carbocycles. The Morgan fingerprint density at radius 3 is 2.71 bits per heavy atom. The van der Waals surface area contributed by atoms with Gasteiger partial charge in [0.1, 0.15) is 11.9 Å². The molecule has 3 aromatic heterocycles. The minimum atomic E-state index is -4.82. The van der Waals surface area contributed by atoms with Crippen molar-refractivity contribution in [2.24, 2.45) is 0 Å². The van der Waals surface area contributed by atoms with Crippen LogP contribution in [0.4, 0.5) is 17.6 Å². The molecule has 4 rings (SSSR count). The van der Waals surface area contributed by atoms with Crippen LogP contribution < -0.4 is 5.56 Å². The van der Waals surface area contributed by atoms with Crippen molar-refractivity contribution in [2.75, 3.05) is 0 Å². The molecule has 0 saturated heterocycles. The topological polar surface area (TPSA) is 71.1 Å². The van der Waals surface area contributed by atoms with Gasteiger partial charge in [0.15, 0.2) is 4.96 Å². The third kappa shape index (κ3) is 3.80. The van der Waals surface area contributed by atoms with Crippen molar-refractivity contribution in [3.8, 4) is 17.3 Å². The van der Waals surface area contributed by atoms with Crippen LogP contribution in [-0.4, -0.2) is 14.4 Å². The molecule has 0 aliphatic rings. The fourth-order valence-corrected chi connectivity index (χ4v) is 4.32. The van der Waals surface area contributed by atoms with Crippen LogP contribution in [-0.2, 0) is 12.6 Å². The predicted octanol–water partition coefficient (Wildman–Crippen LogP) is 4.75.